The Kier molecular flexibility index (Phi) is 5.62. The number of fused-ring (bicyclic) bond motifs is 5. The Morgan fingerprint density at radius 1 is 1.03 bits per heavy atom. The Balaban J connectivity index is 1.30. The smallest absolute Gasteiger partial charge is 0.102 e. The molecule has 5 rings (SSSR count). The van der Waals surface area contributed by atoms with Gasteiger partial charge < -0.3 is 18.7 Å². The van der Waals surface area contributed by atoms with Crippen molar-refractivity contribution in [2.75, 3.05) is 34.3 Å². The highest BCUT2D eigenvalue weighted by atomic mass is 16.5. The van der Waals surface area contributed by atoms with Crippen LogP contribution in [-0.4, -0.2) is 55.6 Å². The van der Waals surface area contributed by atoms with E-state index in [-0.39, 0.29) is 5.41 Å². The van der Waals surface area contributed by atoms with Crippen LogP contribution in [0, 0.1) is 28.6 Å². The third-order valence-electron chi connectivity index (χ3n) is 10.9. The van der Waals surface area contributed by atoms with Crippen LogP contribution < -0.4 is 0 Å². The van der Waals surface area contributed by atoms with Crippen LogP contribution in [0.4, 0.5) is 0 Å². The number of nitrogens with zero attached hydrogens (tertiary/aromatic N) is 1. The molecule has 0 bridgehead atoms. The van der Waals surface area contributed by atoms with E-state index in [0.717, 1.165) is 42.8 Å². The lowest BCUT2D eigenvalue weighted by atomic mass is 9.43. The van der Waals surface area contributed by atoms with Gasteiger partial charge in [-0.2, -0.15) is 0 Å². The van der Waals surface area contributed by atoms with Gasteiger partial charge in [-0.05, 0) is 98.5 Å². The van der Waals surface area contributed by atoms with Crippen LogP contribution in [0.1, 0.15) is 83.1 Å². The van der Waals surface area contributed by atoms with Crippen molar-refractivity contribution >= 4 is 0 Å². The minimum atomic E-state index is -0.524. The van der Waals surface area contributed by atoms with Crippen molar-refractivity contribution in [3.63, 3.8) is 0 Å². The van der Waals surface area contributed by atoms with Crippen LogP contribution in [0.15, 0.2) is 23.0 Å². The summed E-state index contributed by atoms with van der Waals surface area (Å²) in [5.41, 5.74) is 1.12. The Morgan fingerprint density at radius 2 is 1.84 bits per heavy atom. The van der Waals surface area contributed by atoms with E-state index in [2.05, 4.69) is 41.1 Å². The van der Waals surface area contributed by atoms with Crippen molar-refractivity contribution in [1.29, 1.82) is 0 Å². The number of likely N-dealkylation sites (N-methyl/N-ethyl adjacent to an activating group) is 1. The first kappa shape index (κ1) is 22.9. The number of hydrogen-bond donors (Lipinski definition) is 1. The van der Waals surface area contributed by atoms with Gasteiger partial charge in [-0.1, -0.05) is 13.8 Å². The summed E-state index contributed by atoms with van der Waals surface area (Å²) < 4.78 is 12.8. The van der Waals surface area contributed by atoms with Crippen LogP contribution in [0.2, 0.25) is 0 Å². The molecule has 4 fully saturated rings. The van der Waals surface area contributed by atoms with Crippen molar-refractivity contribution in [2.45, 2.75) is 89.3 Å². The summed E-state index contributed by atoms with van der Waals surface area (Å²) in [6, 6.07) is 2.13. The lowest BCUT2D eigenvalue weighted by Crippen LogP contribution is -2.62. The highest BCUT2D eigenvalue weighted by Crippen LogP contribution is 2.70. The number of ether oxygens (including phenoxy) is 1. The summed E-state index contributed by atoms with van der Waals surface area (Å²) in [7, 11) is 6.72. The molecule has 1 aromatic heterocycles. The molecule has 180 valence electrons. The quantitative estimate of drug-likeness (QED) is 0.600. The van der Waals surface area contributed by atoms with E-state index in [4.69, 9.17) is 9.15 Å². The second-order valence-corrected chi connectivity index (χ2v) is 13.3. The number of hydrogen-bond acceptors (Lipinski definition) is 3. The van der Waals surface area contributed by atoms with E-state index < -0.39 is 5.60 Å². The monoisotopic (exact) mass is 444 g/mol. The summed E-state index contributed by atoms with van der Waals surface area (Å²) in [6.45, 7) is 6.91. The van der Waals surface area contributed by atoms with E-state index in [1.165, 1.54) is 44.1 Å². The Labute approximate surface area is 195 Å². The van der Waals surface area contributed by atoms with Crippen molar-refractivity contribution < 1.29 is 18.7 Å². The maximum Gasteiger partial charge on any atom is 0.102 e. The topological polar surface area (TPSA) is 42.6 Å². The molecule has 1 N–H and O–H groups in total. The largest absolute Gasteiger partial charge is 0.472 e. The fourth-order valence-electron chi connectivity index (χ4n) is 8.84. The molecule has 4 saturated carbocycles. The number of furan rings is 1. The van der Waals surface area contributed by atoms with E-state index >= 15 is 0 Å². The van der Waals surface area contributed by atoms with Crippen molar-refractivity contribution in [2.24, 2.45) is 28.6 Å². The second kappa shape index (κ2) is 7.85. The average molecular weight is 445 g/mol. The molecule has 0 aromatic carbocycles. The zero-order valence-electron chi connectivity index (χ0n) is 21.1. The molecule has 0 amide bonds. The lowest BCUT2D eigenvalue weighted by Gasteiger charge is -2.63. The summed E-state index contributed by atoms with van der Waals surface area (Å²) >= 11 is 0. The third-order valence-corrected chi connectivity index (χ3v) is 10.9. The SMILES string of the molecule is C[C@]12CCC(OCC[N+](C)(C)C)CC1CC[C@@H]1[C@H]2CC[C@]2(C)C(c3ccoc3)CC[C@@]12O. The zero-order chi connectivity index (χ0) is 22.8. The van der Waals surface area contributed by atoms with Crippen molar-refractivity contribution in [1.82, 2.24) is 0 Å². The van der Waals surface area contributed by atoms with Gasteiger partial charge in [-0.3, -0.25) is 0 Å². The zero-order valence-corrected chi connectivity index (χ0v) is 21.1. The number of aliphatic hydroxyl groups is 1. The van der Waals surface area contributed by atoms with Crippen LogP contribution in [0.25, 0.3) is 0 Å². The summed E-state index contributed by atoms with van der Waals surface area (Å²) in [4.78, 5) is 0. The first-order chi connectivity index (χ1) is 15.1. The van der Waals surface area contributed by atoms with Gasteiger partial charge in [0.1, 0.15) is 6.54 Å². The molecular formula is C28H46NO3+. The first-order valence-corrected chi connectivity index (χ1v) is 13.2. The number of quaternary nitrogens is 1. The predicted molar refractivity (Wildman–Crippen MR) is 127 cm³/mol. The Morgan fingerprint density at radius 3 is 2.56 bits per heavy atom. The first-order valence-electron chi connectivity index (χ1n) is 13.2. The van der Waals surface area contributed by atoms with E-state index in [1.54, 1.807) is 6.26 Å². The van der Waals surface area contributed by atoms with Crippen LogP contribution >= 0.6 is 0 Å². The van der Waals surface area contributed by atoms with Gasteiger partial charge in [-0.15, -0.1) is 0 Å². The Hall–Kier alpha value is -0.840. The molecule has 1 heterocycles. The molecule has 0 aliphatic heterocycles. The minimum Gasteiger partial charge on any atom is -0.472 e. The van der Waals surface area contributed by atoms with Crippen LogP contribution in [0.5, 0.6) is 0 Å². The van der Waals surface area contributed by atoms with Crippen LogP contribution in [-0.2, 0) is 4.74 Å². The second-order valence-electron chi connectivity index (χ2n) is 13.3. The van der Waals surface area contributed by atoms with E-state index in [1.807, 2.05) is 6.26 Å². The van der Waals surface area contributed by atoms with Gasteiger partial charge in [0, 0.05) is 5.41 Å². The average Bonchev–Trinajstić information content (AvgIpc) is 3.33. The normalized spacial score (nSPS) is 46.4. The van der Waals surface area contributed by atoms with Crippen LogP contribution in [0.3, 0.4) is 0 Å². The fourth-order valence-corrected chi connectivity index (χ4v) is 8.84. The van der Waals surface area contributed by atoms with Gasteiger partial charge in [-0.25, -0.2) is 0 Å². The number of rotatable bonds is 5. The van der Waals surface area contributed by atoms with Gasteiger partial charge in [0.05, 0.1) is 52.0 Å². The Bertz CT molecular complexity index is 800. The molecule has 8 atom stereocenters. The molecule has 1 aromatic rings. The summed E-state index contributed by atoms with van der Waals surface area (Å²) in [5.74, 6) is 2.30. The van der Waals surface area contributed by atoms with E-state index in [9.17, 15) is 5.11 Å². The standard InChI is InChI=1S/C28H46NO3/c1-26-12-8-22(32-17-15-29(3,4)5)18-21(26)6-7-25-24(26)9-13-27(2)23(10-14-28(25,27)30)20-11-16-31-19-20/h11,16,19,21-25,30H,6-10,12-15,17-18H2,1-5H3/q+1/t21?,22?,23?,24-,25-,26+,27-,28-/m1/s1. The highest BCUT2D eigenvalue weighted by molar-refractivity contribution is 5.26. The maximum atomic E-state index is 12.3. The molecule has 0 spiro atoms. The maximum absolute atomic E-state index is 12.3. The molecule has 0 saturated heterocycles. The molecule has 4 aliphatic carbocycles. The minimum absolute atomic E-state index is 0.0211. The molecule has 0 radical (unpaired) electrons. The summed E-state index contributed by atoms with van der Waals surface area (Å²) in [6.07, 6.45) is 14.8. The van der Waals surface area contributed by atoms with E-state index in [0.29, 0.717) is 29.3 Å². The van der Waals surface area contributed by atoms with Gasteiger partial charge >= 0.3 is 0 Å². The molecule has 4 aliphatic rings. The van der Waals surface area contributed by atoms with Crippen molar-refractivity contribution in [3.8, 4) is 0 Å². The molecule has 4 nitrogen and oxygen atoms in total. The third kappa shape index (κ3) is 3.51. The molecule has 32 heavy (non-hydrogen) atoms. The predicted octanol–water partition coefficient (Wildman–Crippen LogP) is 5.61. The van der Waals surface area contributed by atoms with Gasteiger partial charge in [0.2, 0.25) is 0 Å². The molecular weight excluding hydrogens is 398 g/mol. The molecule has 4 heteroatoms. The molecule has 3 unspecified atom stereocenters. The summed E-state index contributed by atoms with van der Waals surface area (Å²) in [5, 5.41) is 12.3. The van der Waals surface area contributed by atoms with Gasteiger partial charge in [0.15, 0.2) is 0 Å². The highest BCUT2D eigenvalue weighted by Gasteiger charge is 2.67. The van der Waals surface area contributed by atoms with Crippen molar-refractivity contribution in [3.05, 3.63) is 24.2 Å². The lowest BCUT2D eigenvalue weighted by molar-refractivity contribution is -0.870. The fraction of sp³-hybridized carbons (Fsp3) is 0.857. The van der Waals surface area contributed by atoms with Gasteiger partial charge in [0.25, 0.3) is 0 Å².